The van der Waals surface area contributed by atoms with Gasteiger partial charge in [0.2, 0.25) is 0 Å². The van der Waals surface area contributed by atoms with Gasteiger partial charge in [-0.25, -0.2) is 4.99 Å². The minimum atomic E-state index is 0.174. The summed E-state index contributed by atoms with van der Waals surface area (Å²) in [6.07, 6.45) is 23.3. The zero-order valence-corrected chi connectivity index (χ0v) is 13.6. The highest BCUT2D eigenvalue weighted by molar-refractivity contribution is 5.78. The van der Waals surface area contributed by atoms with E-state index in [0.717, 1.165) is 12.3 Å². The number of unbranched alkanes of at least 4 members (excludes halogenated alkanes) is 9. The van der Waals surface area contributed by atoms with Gasteiger partial charge in [-0.3, -0.25) is 0 Å². The van der Waals surface area contributed by atoms with Gasteiger partial charge in [0.05, 0.1) is 0 Å². The molecule has 2 aliphatic rings. The van der Waals surface area contributed by atoms with Gasteiger partial charge >= 0.3 is 0 Å². The molecule has 2 nitrogen and oxygen atoms in total. The summed E-state index contributed by atoms with van der Waals surface area (Å²) < 4.78 is 5.86. The molecule has 0 fully saturated rings. The molecule has 0 radical (unpaired) electrons. The van der Waals surface area contributed by atoms with Gasteiger partial charge in [0.15, 0.2) is 5.90 Å². The molecule has 2 atom stereocenters. The third-order valence-electron chi connectivity index (χ3n) is 4.37. The number of hydrogen-bond acceptors (Lipinski definition) is 2. The molecule has 2 unspecified atom stereocenters. The molecule has 21 heavy (non-hydrogen) atoms. The first-order chi connectivity index (χ1) is 10.4. The summed E-state index contributed by atoms with van der Waals surface area (Å²) in [4.78, 5) is 4.64. The standard InChI is InChI=1S/C19H31NO/c1-2-3-4-5-6-7-8-9-10-11-16-19-20-17-14-12-13-15-18(17)21-19/h12-15,17-18H,2-11,16H2,1H3. The molecule has 0 saturated heterocycles. The molecule has 1 aliphatic heterocycles. The van der Waals surface area contributed by atoms with Crippen LogP contribution < -0.4 is 0 Å². The second-order valence-electron chi connectivity index (χ2n) is 6.30. The van der Waals surface area contributed by atoms with Gasteiger partial charge in [0.1, 0.15) is 12.1 Å². The second-order valence-corrected chi connectivity index (χ2v) is 6.30. The lowest BCUT2D eigenvalue weighted by molar-refractivity contribution is 0.247. The number of rotatable bonds is 11. The molecule has 0 saturated carbocycles. The molecule has 0 aromatic carbocycles. The molecule has 0 spiro atoms. The summed E-state index contributed by atoms with van der Waals surface area (Å²) >= 11 is 0. The van der Waals surface area contributed by atoms with E-state index in [9.17, 15) is 0 Å². The van der Waals surface area contributed by atoms with Crippen molar-refractivity contribution in [1.82, 2.24) is 0 Å². The van der Waals surface area contributed by atoms with E-state index in [1.807, 2.05) is 0 Å². The first-order valence-corrected chi connectivity index (χ1v) is 8.98. The Kier molecular flexibility index (Phi) is 7.62. The van der Waals surface area contributed by atoms with E-state index < -0.39 is 0 Å². The second kappa shape index (κ2) is 9.81. The number of aliphatic imine (C=N–C) groups is 1. The van der Waals surface area contributed by atoms with Crippen LogP contribution in [-0.4, -0.2) is 18.0 Å². The molecule has 2 rings (SSSR count). The van der Waals surface area contributed by atoms with E-state index in [0.29, 0.717) is 0 Å². The topological polar surface area (TPSA) is 21.6 Å². The van der Waals surface area contributed by atoms with E-state index in [2.05, 4.69) is 36.2 Å². The molecule has 1 aliphatic carbocycles. The Morgan fingerprint density at radius 2 is 1.48 bits per heavy atom. The molecule has 1 heterocycles. The monoisotopic (exact) mass is 289 g/mol. The van der Waals surface area contributed by atoms with E-state index in [1.54, 1.807) is 0 Å². The van der Waals surface area contributed by atoms with Gasteiger partial charge in [0.25, 0.3) is 0 Å². The van der Waals surface area contributed by atoms with Gasteiger partial charge < -0.3 is 4.74 Å². The van der Waals surface area contributed by atoms with Crippen LogP contribution in [0.3, 0.4) is 0 Å². The summed E-state index contributed by atoms with van der Waals surface area (Å²) in [7, 11) is 0. The minimum absolute atomic E-state index is 0.174. The fourth-order valence-corrected chi connectivity index (χ4v) is 3.04. The van der Waals surface area contributed by atoms with Crippen LogP contribution in [0.1, 0.15) is 77.6 Å². The molecule has 0 amide bonds. The van der Waals surface area contributed by atoms with Crippen molar-refractivity contribution < 1.29 is 4.74 Å². The van der Waals surface area contributed by atoms with Crippen LogP contribution in [0, 0.1) is 0 Å². The van der Waals surface area contributed by atoms with Crippen molar-refractivity contribution in [1.29, 1.82) is 0 Å². The van der Waals surface area contributed by atoms with Crippen molar-refractivity contribution in [3.8, 4) is 0 Å². The Morgan fingerprint density at radius 1 is 0.857 bits per heavy atom. The summed E-state index contributed by atoms with van der Waals surface area (Å²) in [6, 6.07) is 0.244. The van der Waals surface area contributed by atoms with Gasteiger partial charge in [0, 0.05) is 6.42 Å². The molecular weight excluding hydrogens is 258 g/mol. The van der Waals surface area contributed by atoms with Gasteiger partial charge in [-0.2, -0.15) is 0 Å². The van der Waals surface area contributed by atoms with Gasteiger partial charge in [-0.15, -0.1) is 0 Å². The van der Waals surface area contributed by atoms with Crippen LogP contribution in [0.25, 0.3) is 0 Å². The van der Waals surface area contributed by atoms with Crippen LogP contribution >= 0.6 is 0 Å². The minimum Gasteiger partial charge on any atom is -0.471 e. The number of hydrogen-bond donors (Lipinski definition) is 0. The van der Waals surface area contributed by atoms with Gasteiger partial charge in [-0.1, -0.05) is 82.9 Å². The first kappa shape index (κ1) is 16.3. The number of nitrogens with zero attached hydrogens (tertiary/aromatic N) is 1. The average Bonchev–Trinajstić information content (AvgIpc) is 2.92. The third-order valence-corrected chi connectivity index (χ3v) is 4.37. The lowest BCUT2D eigenvalue weighted by Crippen LogP contribution is -2.19. The van der Waals surface area contributed by atoms with E-state index in [-0.39, 0.29) is 12.1 Å². The Hall–Kier alpha value is -1.05. The highest BCUT2D eigenvalue weighted by atomic mass is 16.5. The lowest BCUT2D eigenvalue weighted by atomic mass is 10.1. The fourth-order valence-electron chi connectivity index (χ4n) is 3.04. The summed E-state index contributed by atoms with van der Waals surface area (Å²) in [6.45, 7) is 2.28. The van der Waals surface area contributed by atoms with E-state index in [1.165, 1.54) is 64.2 Å². The van der Waals surface area contributed by atoms with Crippen LogP contribution in [-0.2, 0) is 4.74 Å². The maximum Gasteiger partial charge on any atom is 0.184 e. The summed E-state index contributed by atoms with van der Waals surface area (Å²) in [5.41, 5.74) is 0. The van der Waals surface area contributed by atoms with E-state index in [4.69, 9.17) is 4.74 Å². The van der Waals surface area contributed by atoms with Crippen molar-refractivity contribution in [2.24, 2.45) is 4.99 Å². The highest BCUT2D eigenvalue weighted by Gasteiger charge is 2.27. The Morgan fingerprint density at radius 3 is 2.14 bits per heavy atom. The van der Waals surface area contributed by atoms with Crippen LogP contribution in [0.5, 0.6) is 0 Å². The molecule has 0 bridgehead atoms. The summed E-state index contributed by atoms with van der Waals surface area (Å²) in [5.74, 6) is 0.973. The normalized spacial score (nSPS) is 23.0. The van der Waals surface area contributed by atoms with Crippen molar-refractivity contribution in [3.63, 3.8) is 0 Å². The van der Waals surface area contributed by atoms with Crippen molar-refractivity contribution in [2.75, 3.05) is 0 Å². The van der Waals surface area contributed by atoms with Crippen LogP contribution in [0.4, 0.5) is 0 Å². The maximum absolute atomic E-state index is 5.86. The smallest absolute Gasteiger partial charge is 0.184 e. The fraction of sp³-hybridized carbons (Fsp3) is 0.737. The van der Waals surface area contributed by atoms with Crippen LogP contribution in [0.2, 0.25) is 0 Å². The zero-order valence-electron chi connectivity index (χ0n) is 13.6. The predicted octanol–water partition coefficient (Wildman–Crippen LogP) is 5.59. The first-order valence-electron chi connectivity index (χ1n) is 8.98. The zero-order chi connectivity index (χ0) is 14.8. The van der Waals surface area contributed by atoms with Crippen molar-refractivity contribution in [2.45, 2.75) is 89.7 Å². The average molecular weight is 289 g/mol. The van der Waals surface area contributed by atoms with Crippen LogP contribution in [0.15, 0.2) is 29.3 Å². The van der Waals surface area contributed by atoms with Crippen molar-refractivity contribution >= 4 is 5.90 Å². The lowest BCUT2D eigenvalue weighted by Gasteiger charge is -2.12. The number of allylic oxidation sites excluding steroid dienone is 2. The van der Waals surface area contributed by atoms with Gasteiger partial charge in [-0.05, 0) is 12.5 Å². The molecule has 0 N–H and O–H groups in total. The number of fused-ring (bicyclic) bond motifs is 1. The Bertz CT molecular complexity index is 370. The Labute approximate surface area is 130 Å². The quantitative estimate of drug-likeness (QED) is 0.454. The van der Waals surface area contributed by atoms with E-state index >= 15 is 0 Å². The van der Waals surface area contributed by atoms with Crippen molar-refractivity contribution in [3.05, 3.63) is 24.3 Å². The molecule has 0 aromatic heterocycles. The number of ether oxygens (including phenoxy) is 1. The molecule has 0 aromatic rings. The largest absolute Gasteiger partial charge is 0.471 e. The molecule has 2 heteroatoms. The summed E-state index contributed by atoms with van der Waals surface area (Å²) in [5, 5.41) is 0. The molecular formula is C19H31NO. The SMILES string of the molecule is CCCCCCCCCCCCC1=NC2C=CC=CC2O1. The molecule has 118 valence electrons. The predicted molar refractivity (Wildman–Crippen MR) is 90.8 cm³/mol. The Balaban J connectivity index is 1.42. The maximum atomic E-state index is 5.86. The highest BCUT2D eigenvalue weighted by Crippen LogP contribution is 2.22. The third kappa shape index (κ3) is 6.07.